The van der Waals surface area contributed by atoms with Crippen LogP contribution in [0.4, 0.5) is 0 Å². The van der Waals surface area contributed by atoms with Gasteiger partial charge in [0.2, 0.25) is 10.0 Å². The third kappa shape index (κ3) is 5.32. The Labute approximate surface area is 180 Å². The molecule has 0 aliphatic carbocycles. The maximum Gasteiger partial charge on any atom is 0.276 e. The number of para-hydroxylation sites is 1. The van der Waals surface area contributed by atoms with Crippen LogP contribution >= 0.6 is 11.8 Å². The molecule has 10 heteroatoms. The van der Waals surface area contributed by atoms with E-state index >= 15 is 0 Å². The predicted octanol–water partition coefficient (Wildman–Crippen LogP) is 3.56. The number of benzene rings is 2. The van der Waals surface area contributed by atoms with Crippen LogP contribution in [0.15, 0.2) is 63.1 Å². The van der Waals surface area contributed by atoms with E-state index in [2.05, 4.69) is 10.2 Å². The first kappa shape index (κ1) is 22.1. The molecule has 0 unspecified atom stereocenters. The Hall–Kier alpha value is -2.56. The number of aromatic nitrogens is 2. The van der Waals surface area contributed by atoms with Crippen molar-refractivity contribution in [2.24, 2.45) is 0 Å². The molecular formula is C20H23N3O5S2. The van der Waals surface area contributed by atoms with E-state index in [0.29, 0.717) is 41.6 Å². The molecule has 160 valence electrons. The molecule has 1 heterocycles. The van der Waals surface area contributed by atoms with Crippen molar-refractivity contribution in [1.29, 1.82) is 0 Å². The van der Waals surface area contributed by atoms with Crippen molar-refractivity contribution < 1.29 is 22.3 Å². The van der Waals surface area contributed by atoms with E-state index in [1.165, 1.54) is 42.3 Å². The van der Waals surface area contributed by atoms with Gasteiger partial charge in [-0.15, -0.1) is 10.2 Å². The van der Waals surface area contributed by atoms with Crippen LogP contribution in [-0.2, 0) is 10.0 Å². The zero-order chi connectivity index (χ0) is 21.6. The second-order valence-electron chi connectivity index (χ2n) is 6.26. The van der Waals surface area contributed by atoms with E-state index in [4.69, 9.17) is 13.9 Å². The molecule has 3 rings (SSSR count). The largest absolute Gasteiger partial charge is 0.493 e. The van der Waals surface area contributed by atoms with Gasteiger partial charge in [0, 0.05) is 19.8 Å². The number of nitrogens with zero attached hydrogens (tertiary/aromatic N) is 3. The van der Waals surface area contributed by atoms with Gasteiger partial charge in [-0.1, -0.05) is 23.9 Å². The third-order valence-corrected chi connectivity index (χ3v) is 6.62. The van der Waals surface area contributed by atoms with Crippen molar-refractivity contribution in [3.05, 3.63) is 48.5 Å². The highest BCUT2D eigenvalue weighted by molar-refractivity contribution is 7.99. The lowest BCUT2D eigenvalue weighted by molar-refractivity contribution is 0.339. The molecular weight excluding hydrogens is 426 g/mol. The molecule has 0 amide bonds. The first-order valence-electron chi connectivity index (χ1n) is 9.25. The average molecular weight is 450 g/mol. The Balaban J connectivity index is 1.52. The highest BCUT2D eigenvalue weighted by atomic mass is 32.2. The molecule has 0 spiro atoms. The van der Waals surface area contributed by atoms with Gasteiger partial charge in [0.1, 0.15) is 11.5 Å². The fraction of sp³-hybridized carbons (Fsp3) is 0.300. The summed E-state index contributed by atoms with van der Waals surface area (Å²) in [7, 11) is -0.454. The fourth-order valence-electron chi connectivity index (χ4n) is 2.51. The van der Waals surface area contributed by atoms with Crippen LogP contribution in [-0.4, -0.2) is 56.0 Å². The Morgan fingerprint density at radius 2 is 1.77 bits per heavy atom. The van der Waals surface area contributed by atoms with Crippen LogP contribution in [0, 0.1) is 0 Å². The minimum Gasteiger partial charge on any atom is -0.493 e. The summed E-state index contributed by atoms with van der Waals surface area (Å²) in [4.78, 5) is 0.222. The van der Waals surface area contributed by atoms with E-state index in [9.17, 15) is 8.42 Å². The molecule has 0 aliphatic rings. The van der Waals surface area contributed by atoms with Gasteiger partial charge in [-0.2, -0.15) is 0 Å². The smallest absolute Gasteiger partial charge is 0.276 e. The van der Waals surface area contributed by atoms with Gasteiger partial charge < -0.3 is 13.9 Å². The molecule has 0 saturated carbocycles. The Morgan fingerprint density at radius 3 is 2.47 bits per heavy atom. The Kier molecular flexibility index (Phi) is 7.35. The van der Waals surface area contributed by atoms with Crippen LogP contribution < -0.4 is 9.47 Å². The summed E-state index contributed by atoms with van der Waals surface area (Å²) < 4.78 is 42.3. The Morgan fingerprint density at radius 1 is 1.03 bits per heavy atom. The normalized spacial score (nSPS) is 11.6. The van der Waals surface area contributed by atoms with Gasteiger partial charge in [-0.05, 0) is 43.3 Å². The van der Waals surface area contributed by atoms with E-state index < -0.39 is 10.0 Å². The maximum atomic E-state index is 12.1. The predicted molar refractivity (Wildman–Crippen MR) is 114 cm³/mol. The second kappa shape index (κ2) is 9.96. The number of hydrogen-bond donors (Lipinski definition) is 0. The molecule has 0 fully saturated rings. The lowest BCUT2D eigenvalue weighted by Crippen LogP contribution is -2.22. The summed E-state index contributed by atoms with van der Waals surface area (Å²) >= 11 is 1.38. The van der Waals surface area contributed by atoms with Crippen LogP contribution in [0.2, 0.25) is 0 Å². The number of ether oxygens (including phenoxy) is 2. The van der Waals surface area contributed by atoms with Crippen molar-refractivity contribution in [2.45, 2.75) is 17.0 Å². The van der Waals surface area contributed by atoms with Crippen molar-refractivity contribution in [3.63, 3.8) is 0 Å². The summed E-state index contributed by atoms with van der Waals surface area (Å²) in [6.07, 6.45) is 0. The fourth-order valence-corrected chi connectivity index (χ4v) is 3.99. The van der Waals surface area contributed by atoms with Gasteiger partial charge in [0.15, 0.2) is 0 Å². The highest BCUT2D eigenvalue weighted by Gasteiger charge is 2.17. The molecule has 0 saturated heterocycles. The average Bonchev–Trinajstić information content (AvgIpc) is 3.21. The topological polar surface area (TPSA) is 94.8 Å². The molecule has 0 atom stereocenters. The van der Waals surface area contributed by atoms with Gasteiger partial charge >= 0.3 is 0 Å². The van der Waals surface area contributed by atoms with Crippen molar-refractivity contribution in [3.8, 4) is 23.0 Å². The molecule has 0 aliphatic heterocycles. The third-order valence-electron chi connectivity index (χ3n) is 4.00. The molecule has 1 aromatic heterocycles. The number of sulfonamides is 1. The highest BCUT2D eigenvalue weighted by Crippen LogP contribution is 2.30. The SMILES string of the molecule is CCOc1ccccc1-c1nnc(SCCOc2ccc(S(=O)(=O)N(C)C)cc2)o1. The standard InChI is InChI=1S/C20H23N3O5S2/c1-4-26-18-8-6-5-7-17(18)19-21-22-20(28-19)29-14-13-27-15-9-11-16(12-10-15)30(24,25)23(2)3/h5-12H,4,13-14H2,1-3H3. The van der Waals surface area contributed by atoms with E-state index in [-0.39, 0.29) is 4.90 Å². The number of thioether (sulfide) groups is 1. The van der Waals surface area contributed by atoms with Gasteiger partial charge in [-0.3, -0.25) is 0 Å². The van der Waals surface area contributed by atoms with Crippen LogP contribution in [0.25, 0.3) is 11.5 Å². The lowest BCUT2D eigenvalue weighted by Gasteiger charge is -2.12. The maximum absolute atomic E-state index is 12.1. The molecule has 0 radical (unpaired) electrons. The van der Waals surface area contributed by atoms with Gasteiger partial charge in [0.05, 0.1) is 23.7 Å². The number of rotatable bonds is 10. The molecule has 8 nitrogen and oxygen atoms in total. The van der Waals surface area contributed by atoms with Crippen LogP contribution in [0.5, 0.6) is 11.5 Å². The van der Waals surface area contributed by atoms with Crippen molar-refractivity contribution in [1.82, 2.24) is 14.5 Å². The summed E-state index contributed by atoms with van der Waals surface area (Å²) in [5.41, 5.74) is 0.753. The first-order valence-corrected chi connectivity index (χ1v) is 11.7. The summed E-state index contributed by atoms with van der Waals surface area (Å²) in [6.45, 7) is 2.87. The van der Waals surface area contributed by atoms with Crippen molar-refractivity contribution in [2.75, 3.05) is 33.1 Å². The minimum atomic E-state index is -3.45. The summed E-state index contributed by atoms with van der Waals surface area (Å²) in [5.74, 6) is 2.28. The molecule has 3 aromatic rings. The minimum absolute atomic E-state index is 0.222. The quantitative estimate of drug-likeness (QED) is 0.343. The van der Waals surface area contributed by atoms with Gasteiger partial charge in [-0.25, -0.2) is 12.7 Å². The molecule has 30 heavy (non-hydrogen) atoms. The zero-order valence-corrected chi connectivity index (χ0v) is 18.6. The Bertz CT molecular complexity index is 1070. The second-order valence-corrected chi connectivity index (χ2v) is 9.46. The molecule has 0 bridgehead atoms. The van der Waals surface area contributed by atoms with Crippen LogP contribution in [0.3, 0.4) is 0 Å². The van der Waals surface area contributed by atoms with E-state index in [0.717, 1.165) is 5.56 Å². The van der Waals surface area contributed by atoms with E-state index in [1.807, 2.05) is 31.2 Å². The summed E-state index contributed by atoms with van der Waals surface area (Å²) in [6, 6.07) is 13.8. The monoisotopic (exact) mass is 449 g/mol. The van der Waals surface area contributed by atoms with Gasteiger partial charge in [0.25, 0.3) is 11.1 Å². The first-order chi connectivity index (χ1) is 14.4. The molecule has 2 aromatic carbocycles. The van der Waals surface area contributed by atoms with Crippen molar-refractivity contribution >= 4 is 21.8 Å². The number of hydrogen-bond acceptors (Lipinski definition) is 8. The lowest BCUT2D eigenvalue weighted by atomic mass is 10.2. The van der Waals surface area contributed by atoms with Crippen LogP contribution in [0.1, 0.15) is 6.92 Å². The molecule has 0 N–H and O–H groups in total. The summed E-state index contributed by atoms with van der Waals surface area (Å²) in [5, 5.41) is 8.59. The zero-order valence-electron chi connectivity index (χ0n) is 16.9. The van der Waals surface area contributed by atoms with E-state index in [1.54, 1.807) is 12.1 Å².